The first-order valence-corrected chi connectivity index (χ1v) is 11.1. The molecule has 9 heteroatoms. The number of carbonyl (C=O) groups excluding carboxylic acids is 2. The Kier molecular flexibility index (Phi) is 6.02. The van der Waals surface area contributed by atoms with Gasteiger partial charge in [-0.25, -0.2) is 13.4 Å². The first kappa shape index (κ1) is 21.3. The van der Waals surface area contributed by atoms with Crippen molar-refractivity contribution in [1.82, 2.24) is 0 Å². The van der Waals surface area contributed by atoms with E-state index in [1.165, 1.54) is 12.1 Å². The monoisotopic (exact) mass is 426 g/mol. The molecule has 30 heavy (non-hydrogen) atoms. The third-order valence-corrected chi connectivity index (χ3v) is 5.91. The maximum atomic E-state index is 11.8. The van der Waals surface area contributed by atoms with E-state index in [0.29, 0.717) is 17.8 Å². The number of anilines is 2. The van der Waals surface area contributed by atoms with E-state index in [9.17, 15) is 18.0 Å². The van der Waals surface area contributed by atoms with E-state index in [2.05, 4.69) is 10.4 Å². The van der Waals surface area contributed by atoms with Crippen LogP contribution in [-0.2, 0) is 25.8 Å². The maximum absolute atomic E-state index is 11.8. The van der Waals surface area contributed by atoms with E-state index in [-0.39, 0.29) is 4.90 Å². The predicted molar refractivity (Wildman–Crippen MR) is 117 cm³/mol. The molecule has 0 aliphatic heterocycles. The van der Waals surface area contributed by atoms with Gasteiger partial charge in [-0.15, -0.1) is 0 Å². The number of hydrazone groups is 1. The Morgan fingerprint density at radius 3 is 2.47 bits per heavy atom. The molecule has 1 aliphatic carbocycles. The Morgan fingerprint density at radius 2 is 1.87 bits per heavy atom. The van der Waals surface area contributed by atoms with Gasteiger partial charge in [-0.3, -0.25) is 9.59 Å². The minimum Gasteiger partial charge on any atom is -0.365 e. The number of amides is 2. The van der Waals surface area contributed by atoms with Crippen molar-refractivity contribution in [1.29, 1.82) is 0 Å². The molecule has 0 unspecified atom stereocenters. The molecule has 156 valence electrons. The first-order valence-electron chi connectivity index (χ1n) is 9.17. The van der Waals surface area contributed by atoms with Crippen LogP contribution in [0.5, 0.6) is 0 Å². The molecule has 0 spiro atoms. The summed E-state index contributed by atoms with van der Waals surface area (Å²) in [5.74, 6) is -0.710. The minimum atomic E-state index is -3.35. The van der Waals surface area contributed by atoms with Gasteiger partial charge in [0, 0.05) is 17.5 Å². The average molecular weight is 426 g/mol. The molecule has 3 N–H and O–H groups in total. The zero-order valence-electron chi connectivity index (χ0n) is 16.6. The molecule has 3 rings (SSSR count). The van der Waals surface area contributed by atoms with Crippen LogP contribution in [0, 0.1) is 0 Å². The van der Waals surface area contributed by atoms with Crippen molar-refractivity contribution in [2.75, 3.05) is 16.6 Å². The Balaban J connectivity index is 2.16. The van der Waals surface area contributed by atoms with E-state index >= 15 is 0 Å². The number of nitrogens with two attached hydrogens (primary N) is 1. The van der Waals surface area contributed by atoms with Crippen LogP contribution in [0.25, 0.3) is 5.70 Å². The van der Waals surface area contributed by atoms with Gasteiger partial charge in [0.15, 0.2) is 9.84 Å². The molecule has 0 atom stereocenters. The van der Waals surface area contributed by atoms with Gasteiger partial charge in [0.25, 0.3) is 5.91 Å². The van der Waals surface area contributed by atoms with Gasteiger partial charge in [-0.2, -0.15) is 5.10 Å². The molecule has 2 aromatic carbocycles. The van der Waals surface area contributed by atoms with Gasteiger partial charge >= 0.3 is 0 Å². The lowest BCUT2D eigenvalue weighted by Gasteiger charge is -2.30. The highest BCUT2D eigenvalue weighted by molar-refractivity contribution is 7.90. The second kappa shape index (κ2) is 8.50. The van der Waals surface area contributed by atoms with E-state index in [1.807, 2.05) is 25.1 Å². The summed E-state index contributed by atoms with van der Waals surface area (Å²) in [6.07, 6.45) is 4.36. The number of benzene rings is 2. The van der Waals surface area contributed by atoms with Crippen LogP contribution in [0.2, 0.25) is 0 Å². The molecule has 0 fully saturated rings. The molecule has 2 amide bonds. The van der Waals surface area contributed by atoms with Crippen molar-refractivity contribution < 1.29 is 18.0 Å². The van der Waals surface area contributed by atoms with Gasteiger partial charge in [-0.05, 0) is 67.3 Å². The Bertz CT molecular complexity index is 1150. The number of carbonyl (C=O) groups is 2. The molecule has 2 aromatic rings. The van der Waals surface area contributed by atoms with Crippen LogP contribution in [0.15, 0.2) is 58.0 Å². The van der Waals surface area contributed by atoms with Crippen LogP contribution < -0.4 is 16.1 Å². The number of sulfone groups is 1. The van der Waals surface area contributed by atoms with Crippen LogP contribution in [0.3, 0.4) is 0 Å². The molecule has 0 heterocycles. The van der Waals surface area contributed by atoms with Crippen LogP contribution in [0.4, 0.5) is 11.4 Å². The van der Waals surface area contributed by atoms with E-state index < -0.39 is 15.7 Å². The maximum Gasteiger partial charge on any atom is 0.261 e. The van der Waals surface area contributed by atoms with Crippen LogP contribution in [0.1, 0.15) is 24.5 Å². The highest BCUT2D eigenvalue weighted by Crippen LogP contribution is 2.38. The number of rotatable bonds is 7. The Morgan fingerprint density at radius 1 is 1.17 bits per heavy atom. The average Bonchev–Trinajstić information content (AvgIpc) is 2.69. The lowest BCUT2D eigenvalue weighted by Crippen LogP contribution is -2.23. The predicted octanol–water partition coefficient (Wildman–Crippen LogP) is 2.31. The smallest absolute Gasteiger partial charge is 0.261 e. The third-order valence-electron chi connectivity index (χ3n) is 4.79. The van der Waals surface area contributed by atoms with Crippen molar-refractivity contribution in [2.24, 2.45) is 10.8 Å². The zero-order valence-corrected chi connectivity index (χ0v) is 17.4. The molecule has 0 saturated heterocycles. The molecule has 0 radical (unpaired) electrons. The lowest BCUT2D eigenvalue weighted by atomic mass is 9.89. The number of hydrogen-bond acceptors (Lipinski definition) is 6. The summed E-state index contributed by atoms with van der Waals surface area (Å²) >= 11 is 0. The van der Waals surface area contributed by atoms with Gasteiger partial charge in [0.1, 0.15) is 6.21 Å². The molecule has 8 nitrogen and oxygen atoms in total. The molecule has 0 saturated carbocycles. The van der Waals surface area contributed by atoms with Crippen molar-refractivity contribution in [3.05, 3.63) is 59.2 Å². The van der Waals surface area contributed by atoms with E-state index in [0.717, 1.165) is 47.7 Å². The molecule has 0 bridgehead atoms. The van der Waals surface area contributed by atoms with Crippen LogP contribution >= 0.6 is 0 Å². The number of hydrogen-bond donors (Lipinski definition) is 2. The largest absolute Gasteiger partial charge is 0.365 e. The van der Waals surface area contributed by atoms with Crippen molar-refractivity contribution >= 4 is 45.4 Å². The fraction of sp³-hybridized carbons (Fsp3) is 0.190. The number of nitrogens with zero attached hydrogens (tertiary/aromatic N) is 2. The highest BCUT2D eigenvalue weighted by Gasteiger charge is 2.24. The van der Waals surface area contributed by atoms with Crippen LogP contribution in [-0.4, -0.2) is 33.2 Å². The summed E-state index contributed by atoms with van der Waals surface area (Å²) in [6, 6.07) is 11.8. The summed E-state index contributed by atoms with van der Waals surface area (Å²) in [5.41, 5.74) is 10.2. The quantitative estimate of drug-likeness (QED) is 0.400. The van der Waals surface area contributed by atoms with Gasteiger partial charge in [0.2, 0.25) is 6.41 Å². The Labute approximate surface area is 175 Å². The van der Waals surface area contributed by atoms with Gasteiger partial charge in [0.05, 0.1) is 16.3 Å². The second-order valence-corrected chi connectivity index (χ2v) is 9.00. The zero-order chi connectivity index (χ0) is 21.9. The minimum absolute atomic E-state index is 0.178. The fourth-order valence-corrected chi connectivity index (χ4v) is 3.97. The standard InChI is InChI=1S/C21H22N4O4S/c1-14-3-4-15-5-6-16(23-13-26)11-19(15)21(14)25(24-12-20(22)27)17-7-9-18(10-8-17)30(2,28)29/h5-13H,3-4H2,1-2H3,(H2,22,27)(H,23,26)/b24-12+. The van der Waals surface area contributed by atoms with E-state index in [1.54, 1.807) is 17.1 Å². The lowest BCUT2D eigenvalue weighted by molar-refractivity contribution is -0.111. The summed E-state index contributed by atoms with van der Waals surface area (Å²) < 4.78 is 23.6. The molecular formula is C21H22N4O4S. The number of allylic oxidation sites excluding steroid dienone is 1. The molecule has 1 aliphatic rings. The topological polar surface area (TPSA) is 122 Å². The molecule has 0 aromatic heterocycles. The third kappa shape index (κ3) is 4.57. The van der Waals surface area contributed by atoms with Crippen molar-refractivity contribution in [3.63, 3.8) is 0 Å². The van der Waals surface area contributed by atoms with E-state index in [4.69, 9.17) is 5.73 Å². The van der Waals surface area contributed by atoms with Gasteiger partial charge < -0.3 is 11.1 Å². The summed E-state index contributed by atoms with van der Waals surface area (Å²) in [7, 11) is -3.35. The summed E-state index contributed by atoms with van der Waals surface area (Å²) in [4.78, 5) is 22.4. The number of primary amides is 1. The normalized spacial score (nSPS) is 13.8. The summed E-state index contributed by atoms with van der Waals surface area (Å²) in [6.45, 7) is 1.97. The van der Waals surface area contributed by atoms with Gasteiger partial charge in [-0.1, -0.05) is 6.07 Å². The van der Waals surface area contributed by atoms with Crippen molar-refractivity contribution in [2.45, 2.75) is 24.7 Å². The molecular weight excluding hydrogens is 404 g/mol. The number of fused-ring (bicyclic) bond motifs is 1. The SMILES string of the molecule is CC1=C(N(/N=C/C(N)=O)c2ccc(S(C)(=O)=O)cc2)c2cc(NC=O)ccc2CC1. The summed E-state index contributed by atoms with van der Waals surface area (Å²) in [5, 5.41) is 8.48. The number of aryl methyl sites for hydroxylation is 1. The first-order chi connectivity index (χ1) is 14.2. The second-order valence-electron chi connectivity index (χ2n) is 6.99. The van der Waals surface area contributed by atoms with Crippen molar-refractivity contribution in [3.8, 4) is 0 Å². The highest BCUT2D eigenvalue weighted by atomic mass is 32.2. The number of nitrogens with one attached hydrogen (secondary N) is 1. The fourth-order valence-electron chi connectivity index (χ4n) is 3.34. The Hall–Kier alpha value is -3.46.